The van der Waals surface area contributed by atoms with E-state index in [0.29, 0.717) is 11.1 Å². The standard InChI is InChI=1S/C24H19N3O5S/c1-15-10-11-16(2)21(12-15)25-23-14-22(19-8-3-4-9-20(19)24(23)28)26-33(31,32)18-7-5-6-17(13-18)27(29)30/h3-14,25H,1-2H3/b26-22-. The van der Waals surface area contributed by atoms with Crippen molar-refractivity contribution in [3.8, 4) is 0 Å². The topological polar surface area (TPSA) is 119 Å². The minimum atomic E-state index is -4.29. The van der Waals surface area contributed by atoms with Gasteiger partial charge >= 0.3 is 0 Å². The van der Waals surface area contributed by atoms with Crippen molar-refractivity contribution in [1.82, 2.24) is 0 Å². The summed E-state index contributed by atoms with van der Waals surface area (Å²) < 4.78 is 29.9. The summed E-state index contributed by atoms with van der Waals surface area (Å²) in [5.41, 5.74) is 3.17. The van der Waals surface area contributed by atoms with Crippen LogP contribution in [-0.2, 0) is 10.0 Å². The molecule has 0 saturated heterocycles. The molecule has 3 aromatic carbocycles. The zero-order valence-electron chi connectivity index (χ0n) is 17.8. The first-order valence-corrected chi connectivity index (χ1v) is 11.4. The van der Waals surface area contributed by atoms with Crippen molar-refractivity contribution < 1.29 is 18.1 Å². The molecule has 1 aliphatic rings. The van der Waals surface area contributed by atoms with E-state index in [4.69, 9.17) is 0 Å². The maximum absolute atomic E-state index is 13.1. The van der Waals surface area contributed by atoms with Crippen LogP contribution < -0.4 is 5.32 Å². The minimum absolute atomic E-state index is 0.0597. The molecule has 0 unspecified atom stereocenters. The van der Waals surface area contributed by atoms with Crippen molar-refractivity contribution in [2.24, 2.45) is 4.40 Å². The monoisotopic (exact) mass is 461 g/mol. The van der Waals surface area contributed by atoms with Gasteiger partial charge in [-0.05, 0) is 43.2 Å². The van der Waals surface area contributed by atoms with Gasteiger partial charge in [0.25, 0.3) is 15.7 Å². The number of ketones is 1. The smallest absolute Gasteiger partial charge is 0.283 e. The molecule has 0 saturated carbocycles. The number of allylic oxidation sites excluding steroid dienone is 2. The summed E-state index contributed by atoms with van der Waals surface area (Å²) in [6.07, 6.45) is 1.39. The number of nitrogens with zero attached hydrogens (tertiary/aromatic N) is 2. The Labute approximate surface area is 190 Å². The molecule has 0 heterocycles. The van der Waals surface area contributed by atoms with Gasteiger partial charge in [-0.25, -0.2) is 0 Å². The van der Waals surface area contributed by atoms with Crippen LogP contribution in [0.1, 0.15) is 27.0 Å². The Hall–Kier alpha value is -4.11. The van der Waals surface area contributed by atoms with Gasteiger partial charge in [0.1, 0.15) is 0 Å². The number of benzene rings is 3. The summed E-state index contributed by atoms with van der Waals surface area (Å²) in [5, 5.41) is 14.2. The molecule has 3 aromatic rings. The molecule has 0 spiro atoms. The molecule has 1 aliphatic carbocycles. The zero-order valence-corrected chi connectivity index (χ0v) is 18.6. The number of Topliss-reactive ketones (excluding diaryl/α,β-unsaturated/α-hetero) is 1. The first-order chi connectivity index (χ1) is 15.7. The molecule has 33 heavy (non-hydrogen) atoms. The maximum atomic E-state index is 13.1. The third-order valence-electron chi connectivity index (χ3n) is 5.18. The highest BCUT2D eigenvalue weighted by molar-refractivity contribution is 7.90. The van der Waals surface area contributed by atoms with Crippen LogP contribution in [0.4, 0.5) is 11.4 Å². The van der Waals surface area contributed by atoms with E-state index >= 15 is 0 Å². The fraction of sp³-hybridized carbons (Fsp3) is 0.0833. The number of nitro benzene ring substituents is 1. The number of aryl methyl sites for hydroxylation is 2. The average Bonchev–Trinajstić information content (AvgIpc) is 2.79. The van der Waals surface area contributed by atoms with Gasteiger partial charge in [0.05, 0.1) is 21.2 Å². The van der Waals surface area contributed by atoms with Crippen LogP contribution in [0.2, 0.25) is 0 Å². The number of carbonyl (C=O) groups is 1. The zero-order chi connectivity index (χ0) is 23.8. The predicted molar refractivity (Wildman–Crippen MR) is 125 cm³/mol. The highest BCUT2D eigenvalue weighted by Gasteiger charge is 2.27. The van der Waals surface area contributed by atoms with E-state index in [-0.39, 0.29) is 27.8 Å². The van der Waals surface area contributed by atoms with E-state index in [1.54, 1.807) is 24.3 Å². The number of nitro groups is 1. The van der Waals surface area contributed by atoms with E-state index in [2.05, 4.69) is 9.71 Å². The Morgan fingerprint density at radius 1 is 0.939 bits per heavy atom. The molecule has 8 nitrogen and oxygen atoms in total. The number of hydrogen-bond acceptors (Lipinski definition) is 6. The summed E-state index contributed by atoms with van der Waals surface area (Å²) in [7, 11) is -4.29. The van der Waals surface area contributed by atoms with Gasteiger partial charge in [-0.1, -0.05) is 42.5 Å². The lowest BCUT2D eigenvalue weighted by Gasteiger charge is -2.20. The Balaban J connectivity index is 1.83. The molecular formula is C24H19N3O5S. The lowest BCUT2D eigenvalue weighted by molar-refractivity contribution is -0.385. The van der Waals surface area contributed by atoms with E-state index < -0.39 is 14.9 Å². The first-order valence-electron chi connectivity index (χ1n) is 9.95. The number of fused-ring (bicyclic) bond motifs is 1. The van der Waals surface area contributed by atoms with Crippen LogP contribution in [0.3, 0.4) is 0 Å². The minimum Gasteiger partial charge on any atom is -0.352 e. The molecule has 0 amide bonds. The molecule has 0 bridgehead atoms. The third-order valence-corrected chi connectivity index (χ3v) is 6.47. The Morgan fingerprint density at radius 2 is 1.67 bits per heavy atom. The van der Waals surface area contributed by atoms with E-state index in [9.17, 15) is 23.3 Å². The predicted octanol–water partition coefficient (Wildman–Crippen LogP) is 4.58. The van der Waals surface area contributed by atoms with Crippen molar-refractivity contribution in [1.29, 1.82) is 0 Å². The Kier molecular flexibility index (Phi) is 5.65. The van der Waals surface area contributed by atoms with E-state index in [1.165, 1.54) is 24.3 Å². The number of hydrogen-bond donors (Lipinski definition) is 1. The quantitative estimate of drug-likeness (QED) is 0.439. The van der Waals surface area contributed by atoms with Crippen LogP contribution in [0, 0.1) is 24.0 Å². The van der Waals surface area contributed by atoms with Crippen LogP contribution in [-0.4, -0.2) is 24.8 Å². The van der Waals surface area contributed by atoms with Gasteiger partial charge in [-0.15, -0.1) is 0 Å². The lowest BCUT2D eigenvalue weighted by atomic mass is 9.92. The van der Waals surface area contributed by atoms with Gasteiger partial charge in [-0.2, -0.15) is 12.8 Å². The molecule has 166 valence electrons. The number of anilines is 1. The van der Waals surface area contributed by atoms with Crippen molar-refractivity contribution in [2.75, 3.05) is 5.32 Å². The summed E-state index contributed by atoms with van der Waals surface area (Å²) in [5.74, 6) is -0.293. The summed E-state index contributed by atoms with van der Waals surface area (Å²) >= 11 is 0. The summed E-state index contributed by atoms with van der Waals surface area (Å²) in [6, 6.07) is 17.0. The molecule has 9 heteroatoms. The highest BCUT2D eigenvalue weighted by atomic mass is 32.2. The van der Waals surface area contributed by atoms with Crippen molar-refractivity contribution in [3.05, 3.63) is 111 Å². The molecule has 4 rings (SSSR count). The second-order valence-electron chi connectivity index (χ2n) is 7.58. The fourth-order valence-electron chi connectivity index (χ4n) is 3.45. The van der Waals surface area contributed by atoms with Crippen LogP contribution >= 0.6 is 0 Å². The molecule has 0 aromatic heterocycles. The molecule has 0 aliphatic heterocycles. The largest absolute Gasteiger partial charge is 0.352 e. The molecule has 1 N–H and O–H groups in total. The SMILES string of the molecule is Cc1ccc(C)c(NC2=C/C(=N/S(=O)(=O)c3cccc([N+](=O)[O-])c3)c3ccccc3C2=O)c1. The molecule has 0 radical (unpaired) electrons. The number of rotatable bonds is 5. The van der Waals surface area contributed by atoms with Gasteiger partial charge in [0.2, 0.25) is 5.78 Å². The lowest BCUT2D eigenvalue weighted by Crippen LogP contribution is -2.23. The fourth-order valence-corrected chi connectivity index (χ4v) is 4.49. The second kappa shape index (κ2) is 8.44. The number of sulfonamides is 1. The van der Waals surface area contributed by atoms with Crippen LogP contribution in [0.15, 0.2) is 87.8 Å². The summed E-state index contributed by atoms with van der Waals surface area (Å²) in [4.78, 5) is 23.2. The second-order valence-corrected chi connectivity index (χ2v) is 9.19. The highest BCUT2D eigenvalue weighted by Crippen LogP contribution is 2.27. The maximum Gasteiger partial charge on any atom is 0.283 e. The van der Waals surface area contributed by atoms with Crippen molar-refractivity contribution in [3.63, 3.8) is 0 Å². The first kappa shape index (κ1) is 22.1. The Bertz CT molecular complexity index is 1470. The molecule has 0 atom stereocenters. The summed E-state index contributed by atoms with van der Waals surface area (Å²) in [6.45, 7) is 3.82. The molecule has 0 fully saturated rings. The number of non-ortho nitro benzene ring substituents is 1. The Morgan fingerprint density at radius 3 is 2.39 bits per heavy atom. The average molecular weight is 461 g/mol. The van der Waals surface area contributed by atoms with Gasteiger partial charge in [-0.3, -0.25) is 14.9 Å². The van der Waals surface area contributed by atoms with Crippen LogP contribution in [0.5, 0.6) is 0 Å². The van der Waals surface area contributed by atoms with Crippen molar-refractivity contribution in [2.45, 2.75) is 18.7 Å². The number of carbonyl (C=O) groups excluding carboxylic acids is 1. The van der Waals surface area contributed by atoms with Gasteiger partial charge < -0.3 is 5.32 Å². The molecular weight excluding hydrogens is 442 g/mol. The third kappa shape index (κ3) is 4.44. The van der Waals surface area contributed by atoms with E-state index in [1.807, 2.05) is 32.0 Å². The van der Waals surface area contributed by atoms with Gasteiger partial charge in [0.15, 0.2) is 0 Å². The van der Waals surface area contributed by atoms with Gasteiger partial charge in [0, 0.05) is 28.9 Å². The normalized spacial score (nSPS) is 14.5. The van der Waals surface area contributed by atoms with Crippen LogP contribution in [0.25, 0.3) is 0 Å². The van der Waals surface area contributed by atoms with Crippen molar-refractivity contribution >= 4 is 32.9 Å². The van der Waals surface area contributed by atoms with E-state index in [0.717, 1.165) is 22.9 Å². The number of nitrogens with one attached hydrogen (secondary N) is 1.